The molecule has 0 aliphatic carbocycles. The molecule has 2 aromatic rings. The number of nitrogens with zero attached hydrogens (tertiary/aromatic N) is 3. The second-order valence-corrected chi connectivity index (χ2v) is 7.73. The van der Waals surface area contributed by atoms with Crippen LogP contribution in [0.4, 0.5) is 4.79 Å². The number of benzene rings is 1. The van der Waals surface area contributed by atoms with E-state index in [1.54, 1.807) is 0 Å². The Hall–Kier alpha value is -2.63. The van der Waals surface area contributed by atoms with Crippen molar-refractivity contribution in [2.45, 2.75) is 46.6 Å². The minimum Gasteiger partial charge on any atom is -0.338 e. The molecule has 2 amide bonds. The Morgan fingerprint density at radius 2 is 1.79 bits per heavy atom. The van der Waals surface area contributed by atoms with E-state index < -0.39 is 0 Å². The number of aryl methyl sites for hydroxylation is 4. The molecule has 150 valence electrons. The van der Waals surface area contributed by atoms with Gasteiger partial charge in [-0.15, -0.1) is 0 Å². The fraction of sp³-hybridized carbons (Fsp3) is 0.500. The lowest BCUT2D eigenvalue weighted by Crippen LogP contribution is -2.45. The summed E-state index contributed by atoms with van der Waals surface area (Å²) in [5.74, 6) is 0.211. The third-order valence-corrected chi connectivity index (χ3v) is 5.42. The number of likely N-dealkylation sites (tertiary alicyclic amines) is 1. The van der Waals surface area contributed by atoms with Crippen molar-refractivity contribution in [1.82, 2.24) is 20.0 Å². The molecule has 2 heterocycles. The average molecular weight is 383 g/mol. The minimum atomic E-state index is -0.0328. The van der Waals surface area contributed by atoms with E-state index in [2.05, 4.69) is 16.5 Å². The predicted molar refractivity (Wildman–Crippen MR) is 110 cm³/mol. The Morgan fingerprint density at radius 1 is 1.11 bits per heavy atom. The molecule has 0 spiro atoms. The Bertz CT molecular complexity index is 818. The SMILES string of the molecule is Cc1ccc(C(=O)C2CCN(C(=O)NCCCn3nc(C)cc3C)CC2)cc1. The summed E-state index contributed by atoms with van der Waals surface area (Å²) in [4.78, 5) is 26.8. The van der Waals surface area contributed by atoms with E-state index in [9.17, 15) is 9.59 Å². The van der Waals surface area contributed by atoms with Crippen LogP contribution in [0.2, 0.25) is 0 Å². The summed E-state index contributed by atoms with van der Waals surface area (Å²) in [6.07, 6.45) is 2.30. The molecule has 0 bridgehead atoms. The maximum atomic E-state index is 12.6. The van der Waals surface area contributed by atoms with E-state index in [0.717, 1.165) is 48.3 Å². The van der Waals surface area contributed by atoms with Crippen molar-refractivity contribution in [3.63, 3.8) is 0 Å². The first kappa shape index (κ1) is 20.1. The van der Waals surface area contributed by atoms with Crippen molar-refractivity contribution < 1.29 is 9.59 Å². The van der Waals surface area contributed by atoms with E-state index in [4.69, 9.17) is 0 Å². The van der Waals surface area contributed by atoms with Gasteiger partial charge < -0.3 is 10.2 Å². The first-order valence-corrected chi connectivity index (χ1v) is 10.1. The van der Waals surface area contributed by atoms with Crippen LogP contribution in [0.3, 0.4) is 0 Å². The molecule has 1 aliphatic heterocycles. The second kappa shape index (κ2) is 9.04. The summed E-state index contributed by atoms with van der Waals surface area (Å²) in [6.45, 7) is 8.73. The van der Waals surface area contributed by atoms with E-state index >= 15 is 0 Å². The highest BCUT2D eigenvalue weighted by Crippen LogP contribution is 2.22. The summed E-state index contributed by atoms with van der Waals surface area (Å²) in [6, 6.07) is 9.78. The van der Waals surface area contributed by atoms with Crippen molar-refractivity contribution in [2.24, 2.45) is 5.92 Å². The lowest BCUT2D eigenvalue weighted by atomic mass is 9.89. The van der Waals surface area contributed by atoms with Gasteiger partial charge in [-0.25, -0.2) is 4.79 Å². The number of aromatic nitrogens is 2. The summed E-state index contributed by atoms with van der Waals surface area (Å²) in [5, 5.41) is 7.42. The average Bonchev–Trinajstić information content (AvgIpc) is 3.02. The molecule has 0 unspecified atom stereocenters. The zero-order valence-electron chi connectivity index (χ0n) is 17.1. The molecule has 1 fully saturated rings. The quantitative estimate of drug-likeness (QED) is 0.614. The highest BCUT2D eigenvalue weighted by atomic mass is 16.2. The molecule has 1 aromatic heterocycles. The van der Waals surface area contributed by atoms with Gasteiger partial charge in [-0.05, 0) is 46.1 Å². The normalized spacial score (nSPS) is 14.9. The number of urea groups is 1. The van der Waals surface area contributed by atoms with E-state index in [-0.39, 0.29) is 17.7 Å². The number of rotatable bonds is 6. The Morgan fingerprint density at radius 3 is 2.39 bits per heavy atom. The van der Waals surface area contributed by atoms with Gasteiger partial charge in [0.05, 0.1) is 5.69 Å². The number of carbonyl (C=O) groups excluding carboxylic acids is 2. The molecular weight excluding hydrogens is 352 g/mol. The van der Waals surface area contributed by atoms with Gasteiger partial charge in [0.2, 0.25) is 0 Å². The summed E-state index contributed by atoms with van der Waals surface area (Å²) in [5.41, 5.74) is 4.09. The van der Waals surface area contributed by atoms with E-state index in [1.165, 1.54) is 0 Å². The summed E-state index contributed by atoms with van der Waals surface area (Å²) in [7, 11) is 0. The van der Waals surface area contributed by atoms with Crippen molar-refractivity contribution in [2.75, 3.05) is 19.6 Å². The van der Waals surface area contributed by atoms with Crippen LogP contribution < -0.4 is 5.32 Å². The lowest BCUT2D eigenvalue weighted by molar-refractivity contribution is 0.0854. The van der Waals surface area contributed by atoms with Gasteiger partial charge in [0.25, 0.3) is 0 Å². The van der Waals surface area contributed by atoms with Crippen LogP contribution in [0.15, 0.2) is 30.3 Å². The Labute approximate surface area is 166 Å². The highest BCUT2D eigenvalue weighted by Gasteiger charge is 2.27. The van der Waals surface area contributed by atoms with Gasteiger partial charge >= 0.3 is 6.03 Å². The molecule has 6 heteroatoms. The molecule has 1 N–H and O–H groups in total. The third-order valence-electron chi connectivity index (χ3n) is 5.42. The van der Waals surface area contributed by atoms with Gasteiger partial charge in [-0.1, -0.05) is 29.8 Å². The summed E-state index contributed by atoms with van der Waals surface area (Å²) >= 11 is 0. The van der Waals surface area contributed by atoms with Gasteiger partial charge in [0, 0.05) is 43.4 Å². The van der Waals surface area contributed by atoms with Gasteiger partial charge in [-0.3, -0.25) is 9.48 Å². The van der Waals surface area contributed by atoms with Gasteiger partial charge in [0.15, 0.2) is 5.78 Å². The van der Waals surface area contributed by atoms with Crippen LogP contribution in [0.5, 0.6) is 0 Å². The number of carbonyl (C=O) groups is 2. The zero-order valence-corrected chi connectivity index (χ0v) is 17.1. The van der Waals surface area contributed by atoms with Crippen LogP contribution in [0.25, 0.3) is 0 Å². The smallest absolute Gasteiger partial charge is 0.317 e. The molecule has 1 aliphatic rings. The van der Waals surface area contributed by atoms with Crippen molar-refractivity contribution in [3.05, 3.63) is 52.8 Å². The van der Waals surface area contributed by atoms with Crippen LogP contribution in [0, 0.1) is 26.7 Å². The number of nitrogens with one attached hydrogen (secondary N) is 1. The molecular formula is C22H30N4O2. The minimum absolute atomic E-state index is 0.0118. The lowest BCUT2D eigenvalue weighted by Gasteiger charge is -2.31. The zero-order chi connectivity index (χ0) is 20.1. The maximum Gasteiger partial charge on any atom is 0.317 e. The maximum absolute atomic E-state index is 12.6. The molecule has 3 rings (SSSR count). The fourth-order valence-corrected chi connectivity index (χ4v) is 3.74. The monoisotopic (exact) mass is 382 g/mol. The number of hydrogen-bond donors (Lipinski definition) is 1. The van der Waals surface area contributed by atoms with Crippen LogP contribution >= 0.6 is 0 Å². The standard InChI is InChI=1S/C22H30N4O2/c1-16-5-7-19(8-6-16)21(27)20-9-13-25(14-10-20)22(28)23-11-4-12-26-18(3)15-17(2)24-26/h5-8,15,20H,4,9-14H2,1-3H3,(H,23,28). The van der Waals surface area contributed by atoms with Crippen LogP contribution in [-0.2, 0) is 6.54 Å². The first-order chi connectivity index (χ1) is 13.4. The third kappa shape index (κ3) is 5.00. The molecule has 0 atom stereocenters. The number of ketones is 1. The second-order valence-electron chi connectivity index (χ2n) is 7.73. The molecule has 0 radical (unpaired) electrons. The van der Waals surface area contributed by atoms with E-state index in [1.807, 2.05) is 54.6 Å². The van der Waals surface area contributed by atoms with Crippen LogP contribution in [-0.4, -0.2) is 46.1 Å². The topological polar surface area (TPSA) is 67.2 Å². The highest BCUT2D eigenvalue weighted by molar-refractivity contribution is 5.98. The molecule has 6 nitrogen and oxygen atoms in total. The van der Waals surface area contributed by atoms with Gasteiger partial charge in [0.1, 0.15) is 0 Å². The predicted octanol–water partition coefficient (Wildman–Crippen LogP) is 3.50. The number of piperidine rings is 1. The Kier molecular flexibility index (Phi) is 6.49. The van der Waals surface area contributed by atoms with Crippen molar-refractivity contribution in [1.29, 1.82) is 0 Å². The van der Waals surface area contributed by atoms with Crippen molar-refractivity contribution >= 4 is 11.8 Å². The van der Waals surface area contributed by atoms with Crippen LogP contribution in [0.1, 0.15) is 46.6 Å². The van der Waals surface area contributed by atoms with Crippen molar-refractivity contribution in [3.8, 4) is 0 Å². The molecule has 0 saturated carbocycles. The molecule has 28 heavy (non-hydrogen) atoms. The molecule has 1 saturated heterocycles. The van der Waals surface area contributed by atoms with Gasteiger partial charge in [-0.2, -0.15) is 5.10 Å². The molecule has 1 aromatic carbocycles. The Balaban J connectivity index is 1.39. The first-order valence-electron chi connectivity index (χ1n) is 10.1. The largest absolute Gasteiger partial charge is 0.338 e. The summed E-state index contributed by atoms with van der Waals surface area (Å²) < 4.78 is 1.98. The fourth-order valence-electron chi connectivity index (χ4n) is 3.74. The number of amides is 2. The number of hydrogen-bond acceptors (Lipinski definition) is 3. The van der Waals surface area contributed by atoms with E-state index in [0.29, 0.717) is 19.6 Å². The number of Topliss-reactive ketones (excluding diaryl/α,β-unsaturated/α-hetero) is 1.